The van der Waals surface area contributed by atoms with Crippen LogP contribution in [-0.2, 0) is 17.7 Å². The largest absolute Gasteiger partial charge is 0.384 e. The van der Waals surface area contributed by atoms with Gasteiger partial charge in [0, 0.05) is 20.1 Å². The molecule has 92 valence electrons. The molecule has 0 spiro atoms. The lowest BCUT2D eigenvalue weighted by Crippen LogP contribution is -2.26. The minimum atomic E-state index is -0.217. The van der Waals surface area contributed by atoms with E-state index < -0.39 is 0 Å². The number of methoxy groups -OCH3 is 1. The number of ether oxygens (including phenoxy) is 1. The van der Waals surface area contributed by atoms with Crippen LogP contribution in [0.5, 0.6) is 0 Å². The number of rotatable bonds is 5. The van der Waals surface area contributed by atoms with Gasteiger partial charge in [-0.2, -0.15) is 0 Å². The highest BCUT2D eigenvalue weighted by atomic mass is 16.5. The fraction of sp³-hybridized carbons (Fsp3) is 0.750. The zero-order valence-electron chi connectivity index (χ0n) is 10.9. The zero-order chi connectivity index (χ0) is 12.3. The van der Waals surface area contributed by atoms with Gasteiger partial charge >= 0.3 is 0 Å². The van der Waals surface area contributed by atoms with Gasteiger partial charge in [-0.25, -0.2) is 4.98 Å². The van der Waals surface area contributed by atoms with Crippen LogP contribution < -0.4 is 5.73 Å². The van der Waals surface area contributed by atoms with Gasteiger partial charge < -0.3 is 15.0 Å². The summed E-state index contributed by atoms with van der Waals surface area (Å²) < 4.78 is 7.39. The third-order valence-corrected chi connectivity index (χ3v) is 2.67. The molecule has 4 nitrogen and oxygen atoms in total. The van der Waals surface area contributed by atoms with Crippen molar-refractivity contribution < 1.29 is 4.74 Å². The fourth-order valence-corrected chi connectivity index (χ4v) is 1.58. The van der Waals surface area contributed by atoms with E-state index in [1.165, 1.54) is 0 Å². The number of nitrogens with two attached hydrogens (primary N) is 1. The number of anilines is 1. The average molecular weight is 225 g/mol. The third-order valence-electron chi connectivity index (χ3n) is 2.67. The number of hydrogen-bond acceptors (Lipinski definition) is 3. The first-order valence-corrected chi connectivity index (χ1v) is 5.70. The number of nitrogen functional groups attached to an aromatic ring is 1. The molecule has 1 aromatic heterocycles. The van der Waals surface area contributed by atoms with Crippen LogP contribution in [0.1, 0.15) is 33.4 Å². The quantitative estimate of drug-likeness (QED) is 0.834. The number of aromatic nitrogens is 2. The van der Waals surface area contributed by atoms with Crippen LogP contribution in [0.2, 0.25) is 0 Å². The van der Waals surface area contributed by atoms with E-state index in [2.05, 4.69) is 18.8 Å². The molecule has 0 atom stereocenters. The van der Waals surface area contributed by atoms with Crippen LogP contribution in [0.15, 0.2) is 6.33 Å². The SMILES string of the molecule is COC(C)(C)Cc1ncn(CC(C)C)c1N. The van der Waals surface area contributed by atoms with Crippen LogP contribution in [-0.4, -0.2) is 22.3 Å². The Labute approximate surface area is 97.8 Å². The first kappa shape index (κ1) is 13.0. The lowest BCUT2D eigenvalue weighted by atomic mass is 10.0. The molecule has 0 unspecified atom stereocenters. The smallest absolute Gasteiger partial charge is 0.126 e. The van der Waals surface area contributed by atoms with Crippen molar-refractivity contribution in [2.24, 2.45) is 5.92 Å². The third kappa shape index (κ3) is 3.23. The van der Waals surface area contributed by atoms with Crippen LogP contribution in [0.25, 0.3) is 0 Å². The molecule has 1 rings (SSSR count). The molecule has 0 radical (unpaired) electrons. The van der Waals surface area contributed by atoms with E-state index in [4.69, 9.17) is 10.5 Å². The van der Waals surface area contributed by atoms with Gasteiger partial charge in [-0.05, 0) is 19.8 Å². The van der Waals surface area contributed by atoms with E-state index in [0.29, 0.717) is 5.92 Å². The Bertz CT molecular complexity index is 342. The molecule has 1 aromatic rings. The molecule has 0 amide bonds. The van der Waals surface area contributed by atoms with Gasteiger partial charge in [-0.3, -0.25) is 0 Å². The topological polar surface area (TPSA) is 53.1 Å². The van der Waals surface area contributed by atoms with Crippen molar-refractivity contribution in [2.75, 3.05) is 12.8 Å². The summed E-state index contributed by atoms with van der Waals surface area (Å²) in [6.07, 6.45) is 2.55. The average Bonchev–Trinajstić information content (AvgIpc) is 2.49. The monoisotopic (exact) mass is 225 g/mol. The van der Waals surface area contributed by atoms with Gasteiger partial charge in [0.15, 0.2) is 0 Å². The summed E-state index contributed by atoms with van der Waals surface area (Å²) in [7, 11) is 1.71. The van der Waals surface area contributed by atoms with Crippen molar-refractivity contribution in [2.45, 2.75) is 46.3 Å². The van der Waals surface area contributed by atoms with Crippen LogP contribution in [0.3, 0.4) is 0 Å². The van der Waals surface area contributed by atoms with Crippen molar-refractivity contribution in [1.29, 1.82) is 0 Å². The van der Waals surface area contributed by atoms with Gasteiger partial charge in [-0.15, -0.1) is 0 Å². The maximum absolute atomic E-state index is 6.06. The van der Waals surface area contributed by atoms with E-state index in [9.17, 15) is 0 Å². The molecular formula is C12H23N3O. The van der Waals surface area contributed by atoms with Crippen LogP contribution >= 0.6 is 0 Å². The summed E-state index contributed by atoms with van der Waals surface area (Å²) in [5.41, 5.74) is 6.76. The Hall–Kier alpha value is -1.03. The molecule has 0 aliphatic rings. The van der Waals surface area contributed by atoms with E-state index in [1.807, 2.05) is 24.7 Å². The summed E-state index contributed by atoms with van der Waals surface area (Å²) in [6.45, 7) is 9.31. The summed E-state index contributed by atoms with van der Waals surface area (Å²) in [4.78, 5) is 4.36. The van der Waals surface area contributed by atoms with Crippen LogP contribution in [0, 0.1) is 5.92 Å². The normalized spacial score (nSPS) is 12.4. The second kappa shape index (κ2) is 4.87. The standard InChI is InChI=1S/C12H23N3O/c1-9(2)7-15-8-14-10(11(15)13)6-12(3,4)16-5/h8-9H,6-7,13H2,1-5H3. The fourth-order valence-electron chi connectivity index (χ4n) is 1.58. The Morgan fingerprint density at radius 1 is 1.50 bits per heavy atom. The molecule has 0 aliphatic carbocycles. The Kier molecular flexibility index (Phi) is 3.97. The minimum absolute atomic E-state index is 0.217. The molecule has 4 heteroatoms. The van der Waals surface area contributed by atoms with E-state index in [0.717, 1.165) is 24.5 Å². The summed E-state index contributed by atoms with van der Waals surface area (Å²) >= 11 is 0. The van der Waals surface area contributed by atoms with E-state index in [1.54, 1.807) is 7.11 Å². The van der Waals surface area contributed by atoms with E-state index >= 15 is 0 Å². The molecule has 0 aliphatic heterocycles. The number of hydrogen-bond donors (Lipinski definition) is 1. The highest BCUT2D eigenvalue weighted by Gasteiger charge is 2.21. The van der Waals surface area contributed by atoms with Crippen molar-refractivity contribution in [3.8, 4) is 0 Å². The molecule has 16 heavy (non-hydrogen) atoms. The first-order chi connectivity index (χ1) is 7.35. The zero-order valence-corrected chi connectivity index (χ0v) is 10.9. The predicted octanol–water partition coefficient (Wildman–Crippen LogP) is 2.09. The van der Waals surface area contributed by atoms with Gasteiger partial charge in [0.2, 0.25) is 0 Å². The minimum Gasteiger partial charge on any atom is -0.384 e. The molecule has 0 bridgehead atoms. The highest BCUT2D eigenvalue weighted by molar-refractivity contribution is 5.36. The highest BCUT2D eigenvalue weighted by Crippen LogP contribution is 2.20. The molecular weight excluding hydrogens is 202 g/mol. The summed E-state index contributed by atoms with van der Waals surface area (Å²) in [5.74, 6) is 1.33. The molecule has 0 fully saturated rings. The summed E-state index contributed by atoms with van der Waals surface area (Å²) in [5, 5.41) is 0. The van der Waals surface area contributed by atoms with Gasteiger partial charge in [0.25, 0.3) is 0 Å². The Morgan fingerprint density at radius 2 is 2.12 bits per heavy atom. The molecule has 0 saturated heterocycles. The van der Waals surface area contributed by atoms with Gasteiger partial charge in [0.1, 0.15) is 5.82 Å². The lowest BCUT2D eigenvalue weighted by molar-refractivity contribution is 0.0226. The van der Waals surface area contributed by atoms with Crippen molar-refractivity contribution in [3.63, 3.8) is 0 Å². The van der Waals surface area contributed by atoms with Gasteiger partial charge in [0.05, 0.1) is 17.6 Å². The van der Waals surface area contributed by atoms with E-state index in [-0.39, 0.29) is 5.60 Å². The Morgan fingerprint density at radius 3 is 2.62 bits per heavy atom. The van der Waals surface area contributed by atoms with Crippen molar-refractivity contribution in [3.05, 3.63) is 12.0 Å². The second-order valence-corrected chi connectivity index (χ2v) is 5.26. The molecule has 0 saturated carbocycles. The molecule has 0 aromatic carbocycles. The lowest BCUT2D eigenvalue weighted by Gasteiger charge is -2.22. The van der Waals surface area contributed by atoms with Crippen LogP contribution in [0.4, 0.5) is 5.82 Å². The second-order valence-electron chi connectivity index (χ2n) is 5.26. The maximum Gasteiger partial charge on any atom is 0.126 e. The van der Waals surface area contributed by atoms with Gasteiger partial charge in [-0.1, -0.05) is 13.8 Å². The number of nitrogens with zero attached hydrogens (tertiary/aromatic N) is 2. The molecule has 2 N–H and O–H groups in total. The molecule has 1 heterocycles. The van der Waals surface area contributed by atoms with Crippen molar-refractivity contribution >= 4 is 5.82 Å². The summed E-state index contributed by atoms with van der Waals surface area (Å²) in [6, 6.07) is 0. The maximum atomic E-state index is 6.06. The predicted molar refractivity (Wildman–Crippen MR) is 66.3 cm³/mol. The Balaban J connectivity index is 2.80. The van der Waals surface area contributed by atoms with Crippen molar-refractivity contribution in [1.82, 2.24) is 9.55 Å². The number of imidazole rings is 1. The first-order valence-electron chi connectivity index (χ1n) is 5.70.